The highest BCUT2D eigenvalue weighted by molar-refractivity contribution is 9.10. The maximum Gasteiger partial charge on any atom is 0.434 e. The van der Waals surface area contributed by atoms with Crippen LogP contribution in [-0.4, -0.2) is 16.0 Å². The number of halogens is 4. The van der Waals surface area contributed by atoms with Crippen molar-refractivity contribution < 1.29 is 13.2 Å². The van der Waals surface area contributed by atoms with E-state index in [1.165, 1.54) is 6.20 Å². The lowest BCUT2D eigenvalue weighted by Crippen LogP contribution is -2.18. The highest BCUT2D eigenvalue weighted by atomic mass is 79.9. The largest absolute Gasteiger partial charge is 0.434 e. The summed E-state index contributed by atoms with van der Waals surface area (Å²) in [5, 5.41) is 3.38. The normalized spacial score (nSPS) is 15.4. The van der Waals surface area contributed by atoms with Gasteiger partial charge in [-0.05, 0) is 40.9 Å². The quantitative estimate of drug-likeness (QED) is 0.865. The third-order valence-electron chi connectivity index (χ3n) is 3.06. The summed E-state index contributed by atoms with van der Waals surface area (Å²) in [5.74, 6) is 0. The Bertz CT molecular complexity index is 652. The van der Waals surface area contributed by atoms with Crippen LogP contribution in [0.25, 0.3) is 10.7 Å². The van der Waals surface area contributed by atoms with E-state index in [-0.39, 0.29) is 16.4 Å². The first kappa shape index (κ1) is 14.9. The number of thiazole rings is 1. The van der Waals surface area contributed by atoms with Crippen molar-refractivity contribution in [3.63, 3.8) is 0 Å². The lowest BCUT2D eigenvalue weighted by molar-refractivity contribution is -0.141. The third kappa shape index (κ3) is 3.44. The van der Waals surface area contributed by atoms with Crippen LogP contribution in [-0.2, 0) is 12.7 Å². The molecule has 8 heteroatoms. The Morgan fingerprint density at radius 2 is 2.14 bits per heavy atom. The number of hydrogen-bond acceptors (Lipinski definition) is 4. The van der Waals surface area contributed by atoms with Gasteiger partial charge in [0.1, 0.15) is 10.7 Å². The van der Waals surface area contributed by atoms with Crippen molar-refractivity contribution in [2.24, 2.45) is 0 Å². The highest BCUT2D eigenvalue weighted by Gasteiger charge is 2.38. The summed E-state index contributed by atoms with van der Waals surface area (Å²) < 4.78 is 39.9. The van der Waals surface area contributed by atoms with E-state index in [4.69, 9.17) is 0 Å². The maximum atomic E-state index is 13.1. The van der Waals surface area contributed by atoms with E-state index in [0.717, 1.165) is 24.2 Å². The SMILES string of the molecule is FC(F)(F)c1nc(-c2ncccc2Br)sc1CNC1CC1. The van der Waals surface area contributed by atoms with Gasteiger partial charge in [-0.25, -0.2) is 4.98 Å². The van der Waals surface area contributed by atoms with E-state index in [1.807, 2.05) is 0 Å². The predicted octanol–water partition coefficient (Wildman–Crippen LogP) is 4.24. The first-order chi connectivity index (χ1) is 9.95. The number of aromatic nitrogens is 2. The van der Waals surface area contributed by atoms with Crippen LogP contribution in [0.2, 0.25) is 0 Å². The van der Waals surface area contributed by atoms with E-state index in [0.29, 0.717) is 16.2 Å². The summed E-state index contributed by atoms with van der Waals surface area (Å²) in [5.41, 5.74) is -0.376. The molecule has 0 aromatic carbocycles. The minimum atomic E-state index is -4.45. The molecule has 1 aliphatic carbocycles. The minimum absolute atomic E-state index is 0.196. The minimum Gasteiger partial charge on any atom is -0.309 e. The molecule has 21 heavy (non-hydrogen) atoms. The third-order valence-corrected chi connectivity index (χ3v) is 4.76. The highest BCUT2D eigenvalue weighted by Crippen LogP contribution is 2.39. The van der Waals surface area contributed by atoms with Gasteiger partial charge in [0.05, 0.1) is 4.88 Å². The van der Waals surface area contributed by atoms with Gasteiger partial charge >= 0.3 is 6.18 Å². The fourth-order valence-corrected chi connectivity index (χ4v) is 3.48. The second kappa shape index (κ2) is 5.66. The second-order valence-electron chi connectivity index (χ2n) is 4.78. The van der Waals surface area contributed by atoms with E-state index in [9.17, 15) is 13.2 Å². The fraction of sp³-hybridized carbons (Fsp3) is 0.385. The van der Waals surface area contributed by atoms with Gasteiger partial charge < -0.3 is 5.32 Å². The van der Waals surface area contributed by atoms with Crippen molar-refractivity contribution in [3.8, 4) is 10.7 Å². The Balaban J connectivity index is 1.96. The average Bonchev–Trinajstić information content (AvgIpc) is 3.14. The van der Waals surface area contributed by atoms with Crippen LogP contribution < -0.4 is 5.32 Å². The first-order valence-electron chi connectivity index (χ1n) is 6.36. The molecule has 3 nitrogen and oxygen atoms in total. The van der Waals surface area contributed by atoms with Crippen molar-refractivity contribution in [1.29, 1.82) is 0 Å². The molecule has 3 rings (SSSR count). The molecule has 0 spiro atoms. The molecule has 2 aromatic heterocycles. The Morgan fingerprint density at radius 1 is 1.38 bits per heavy atom. The molecule has 0 atom stereocenters. The standard InChI is InChI=1S/C13H11BrF3N3S/c14-8-2-1-5-18-10(8)12-20-11(13(15,16)17)9(21-12)6-19-7-3-4-7/h1-2,5,7,19H,3-4,6H2. The topological polar surface area (TPSA) is 37.8 Å². The van der Waals surface area contributed by atoms with Crippen LogP contribution in [0.5, 0.6) is 0 Å². The predicted molar refractivity (Wildman–Crippen MR) is 77.9 cm³/mol. The number of alkyl halides is 3. The average molecular weight is 378 g/mol. The van der Waals surface area contributed by atoms with E-state index in [1.54, 1.807) is 12.1 Å². The number of rotatable bonds is 4. The summed E-state index contributed by atoms with van der Waals surface area (Å²) in [6.07, 6.45) is -0.856. The van der Waals surface area contributed by atoms with E-state index >= 15 is 0 Å². The number of nitrogens with one attached hydrogen (secondary N) is 1. The summed E-state index contributed by atoms with van der Waals surface area (Å²) in [6, 6.07) is 3.79. The number of nitrogens with zero attached hydrogens (tertiary/aromatic N) is 2. The molecule has 0 saturated heterocycles. The molecule has 1 saturated carbocycles. The van der Waals surface area contributed by atoms with Gasteiger partial charge in [-0.2, -0.15) is 13.2 Å². The van der Waals surface area contributed by atoms with Crippen molar-refractivity contribution in [3.05, 3.63) is 33.4 Å². The molecule has 0 aliphatic heterocycles. The van der Waals surface area contributed by atoms with Gasteiger partial charge in [-0.1, -0.05) is 0 Å². The van der Waals surface area contributed by atoms with Crippen LogP contribution in [0.1, 0.15) is 23.4 Å². The molecule has 0 amide bonds. The molecule has 1 N–H and O–H groups in total. The van der Waals surface area contributed by atoms with Gasteiger partial charge in [0.2, 0.25) is 0 Å². The summed E-state index contributed by atoms with van der Waals surface area (Å²) in [6.45, 7) is 0.196. The van der Waals surface area contributed by atoms with Gasteiger partial charge in [-0.3, -0.25) is 4.98 Å². The molecule has 0 bridgehead atoms. The molecule has 1 fully saturated rings. The monoisotopic (exact) mass is 377 g/mol. The Hall–Kier alpha value is -0.990. The lowest BCUT2D eigenvalue weighted by atomic mass is 10.3. The van der Waals surface area contributed by atoms with Crippen LogP contribution in [0, 0.1) is 0 Å². The molecule has 0 unspecified atom stereocenters. The smallest absolute Gasteiger partial charge is 0.309 e. The van der Waals surface area contributed by atoms with Crippen molar-refractivity contribution in [2.75, 3.05) is 0 Å². The second-order valence-corrected chi connectivity index (χ2v) is 6.72. The summed E-state index contributed by atoms with van der Waals surface area (Å²) >= 11 is 4.33. The molecular weight excluding hydrogens is 367 g/mol. The maximum absolute atomic E-state index is 13.1. The fourth-order valence-electron chi connectivity index (χ4n) is 1.86. The molecule has 0 radical (unpaired) electrons. The van der Waals surface area contributed by atoms with Crippen LogP contribution in [0.3, 0.4) is 0 Å². The van der Waals surface area contributed by atoms with Crippen LogP contribution >= 0.6 is 27.3 Å². The van der Waals surface area contributed by atoms with Crippen molar-refractivity contribution in [1.82, 2.24) is 15.3 Å². The molecule has 1 aliphatic rings. The van der Waals surface area contributed by atoms with Gasteiger partial charge in [0.15, 0.2) is 5.69 Å². The Kier molecular flexibility index (Phi) is 4.02. The zero-order valence-corrected chi connectivity index (χ0v) is 13.1. The van der Waals surface area contributed by atoms with Crippen LogP contribution in [0.15, 0.2) is 22.8 Å². The van der Waals surface area contributed by atoms with Crippen LogP contribution in [0.4, 0.5) is 13.2 Å². The summed E-state index contributed by atoms with van der Waals surface area (Å²) in [7, 11) is 0. The van der Waals surface area contributed by atoms with Gasteiger partial charge in [-0.15, -0.1) is 11.3 Å². The Morgan fingerprint density at radius 3 is 2.76 bits per heavy atom. The van der Waals surface area contributed by atoms with Crippen molar-refractivity contribution in [2.45, 2.75) is 31.6 Å². The zero-order valence-electron chi connectivity index (χ0n) is 10.7. The Labute approximate surface area is 131 Å². The number of hydrogen-bond donors (Lipinski definition) is 1. The number of pyridine rings is 1. The van der Waals surface area contributed by atoms with E-state index in [2.05, 4.69) is 31.2 Å². The molecule has 2 heterocycles. The van der Waals surface area contributed by atoms with Crippen molar-refractivity contribution >= 4 is 27.3 Å². The summed E-state index contributed by atoms with van der Waals surface area (Å²) in [4.78, 5) is 8.09. The molecule has 112 valence electrons. The zero-order chi connectivity index (χ0) is 15.0. The van der Waals surface area contributed by atoms with E-state index < -0.39 is 11.9 Å². The first-order valence-corrected chi connectivity index (χ1v) is 7.97. The molecule has 2 aromatic rings. The molecular formula is C13H11BrF3N3S. The van der Waals surface area contributed by atoms with Gasteiger partial charge in [0.25, 0.3) is 0 Å². The van der Waals surface area contributed by atoms with Gasteiger partial charge in [0, 0.05) is 23.3 Å². The lowest BCUT2D eigenvalue weighted by Gasteiger charge is -2.06.